The van der Waals surface area contributed by atoms with Crippen molar-refractivity contribution >= 4 is 23.1 Å². The van der Waals surface area contributed by atoms with Gasteiger partial charge in [0.25, 0.3) is 0 Å². The Bertz CT molecular complexity index is 545. The third kappa shape index (κ3) is 2.68. The lowest BCUT2D eigenvalue weighted by atomic mass is 9.75. The monoisotopic (exact) mass is 278 g/mol. The molecule has 1 aliphatic rings. The van der Waals surface area contributed by atoms with Crippen LogP contribution in [0, 0.1) is 5.41 Å². The molecule has 0 saturated heterocycles. The minimum Gasteiger partial charge on any atom is -0.369 e. The van der Waals surface area contributed by atoms with Gasteiger partial charge in [-0.3, -0.25) is 0 Å². The highest BCUT2D eigenvalue weighted by Crippen LogP contribution is 2.37. The van der Waals surface area contributed by atoms with E-state index < -0.39 is 0 Å². The summed E-state index contributed by atoms with van der Waals surface area (Å²) in [7, 11) is 0. The Morgan fingerprint density at radius 2 is 2.11 bits per heavy atom. The quantitative estimate of drug-likeness (QED) is 0.873. The Balaban J connectivity index is 1.70. The number of aromatic nitrogens is 3. The molecule has 0 amide bonds. The van der Waals surface area contributed by atoms with Gasteiger partial charge in [0.05, 0.1) is 6.20 Å². The fraction of sp³-hybridized carbons (Fsp3) is 0.571. The normalized spacial score (nSPS) is 18.6. The summed E-state index contributed by atoms with van der Waals surface area (Å²) in [6.07, 6.45) is 10.1. The number of hydrogen-bond acceptors (Lipinski definition) is 3. The largest absolute Gasteiger partial charge is 0.369 e. The zero-order valence-corrected chi connectivity index (χ0v) is 11.7. The van der Waals surface area contributed by atoms with Gasteiger partial charge in [-0.15, -0.1) is 11.6 Å². The first-order valence-corrected chi connectivity index (χ1v) is 7.45. The molecule has 1 aliphatic carbocycles. The van der Waals surface area contributed by atoms with E-state index >= 15 is 0 Å². The summed E-state index contributed by atoms with van der Waals surface area (Å²) in [5.74, 6) is 1.64. The number of halogens is 1. The zero-order valence-electron chi connectivity index (χ0n) is 11.0. The van der Waals surface area contributed by atoms with E-state index in [1.165, 1.54) is 32.1 Å². The number of nitrogens with one attached hydrogen (secondary N) is 1. The summed E-state index contributed by atoms with van der Waals surface area (Å²) in [5, 5.41) is 7.60. The lowest BCUT2D eigenvalue weighted by Gasteiger charge is -2.35. The third-order valence-corrected chi connectivity index (χ3v) is 4.67. The first-order valence-electron chi connectivity index (χ1n) is 6.92. The van der Waals surface area contributed by atoms with Gasteiger partial charge in [-0.1, -0.05) is 19.3 Å². The molecule has 2 aromatic rings. The van der Waals surface area contributed by atoms with Crippen LogP contribution in [0.5, 0.6) is 0 Å². The van der Waals surface area contributed by atoms with Crippen LogP contribution in [0.15, 0.2) is 24.5 Å². The standard InChI is InChI=1S/C14H19ClN4/c15-10-14(6-2-1-3-7-14)11-16-12-5-9-19-13(18-12)4-8-17-19/h4-5,8-9H,1-3,6-7,10-11H2,(H,16,18). The second-order valence-corrected chi connectivity index (χ2v) is 5.76. The molecule has 0 atom stereocenters. The summed E-state index contributed by atoms with van der Waals surface area (Å²) in [6.45, 7) is 0.911. The van der Waals surface area contributed by atoms with Crippen LogP contribution in [0.2, 0.25) is 0 Å². The molecule has 1 N–H and O–H groups in total. The molecule has 0 unspecified atom stereocenters. The maximum absolute atomic E-state index is 6.21. The number of hydrogen-bond donors (Lipinski definition) is 1. The Labute approximate surface area is 118 Å². The molecule has 102 valence electrons. The maximum atomic E-state index is 6.21. The van der Waals surface area contributed by atoms with Crippen molar-refractivity contribution in [2.24, 2.45) is 5.41 Å². The SMILES string of the molecule is ClCC1(CNc2ccn3nccc3n2)CCCCC1. The summed E-state index contributed by atoms with van der Waals surface area (Å²) in [4.78, 5) is 4.53. The molecule has 1 saturated carbocycles. The predicted molar refractivity (Wildman–Crippen MR) is 77.7 cm³/mol. The molecule has 19 heavy (non-hydrogen) atoms. The van der Waals surface area contributed by atoms with Crippen molar-refractivity contribution < 1.29 is 0 Å². The van der Waals surface area contributed by atoms with Gasteiger partial charge < -0.3 is 5.32 Å². The van der Waals surface area contributed by atoms with Crippen molar-refractivity contribution in [2.75, 3.05) is 17.7 Å². The molecule has 2 heterocycles. The van der Waals surface area contributed by atoms with Gasteiger partial charge in [0, 0.05) is 30.1 Å². The topological polar surface area (TPSA) is 42.2 Å². The molecule has 1 fully saturated rings. The third-order valence-electron chi connectivity index (χ3n) is 4.10. The highest BCUT2D eigenvalue weighted by atomic mass is 35.5. The smallest absolute Gasteiger partial charge is 0.157 e. The minimum absolute atomic E-state index is 0.244. The van der Waals surface area contributed by atoms with Gasteiger partial charge in [0.1, 0.15) is 5.82 Å². The molecule has 0 spiro atoms. The molecular weight excluding hydrogens is 260 g/mol. The number of rotatable bonds is 4. The highest BCUT2D eigenvalue weighted by molar-refractivity contribution is 6.18. The molecule has 0 bridgehead atoms. The van der Waals surface area contributed by atoms with Crippen LogP contribution in [0.25, 0.3) is 5.65 Å². The zero-order chi connectivity index (χ0) is 13.1. The van der Waals surface area contributed by atoms with E-state index in [-0.39, 0.29) is 5.41 Å². The fourth-order valence-electron chi connectivity index (χ4n) is 2.85. The molecule has 2 aromatic heterocycles. The first kappa shape index (κ1) is 12.7. The summed E-state index contributed by atoms with van der Waals surface area (Å²) < 4.78 is 1.77. The maximum Gasteiger partial charge on any atom is 0.157 e. The fourth-order valence-corrected chi connectivity index (χ4v) is 3.21. The Kier molecular flexibility index (Phi) is 3.60. The lowest BCUT2D eigenvalue weighted by molar-refractivity contribution is 0.238. The molecular formula is C14H19ClN4. The lowest BCUT2D eigenvalue weighted by Crippen LogP contribution is -2.34. The van der Waals surface area contributed by atoms with Gasteiger partial charge in [-0.05, 0) is 18.9 Å². The van der Waals surface area contributed by atoms with Crippen LogP contribution in [0.1, 0.15) is 32.1 Å². The van der Waals surface area contributed by atoms with Gasteiger partial charge in [0.2, 0.25) is 0 Å². The van der Waals surface area contributed by atoms with Crippen molar-refractivity contribution in [1.29, 1.82) is 0 Å². The van der Waals surface area contributed by atoms with Crippen molar-refractivity contribution in [1.82, 2.24) is 14.6 Å². The van der Waals surface area contributed by atoms with Crippen molar-refractivity contribution in [3.05, 3.63) is 24.5 Å². The van der Waals surface area contributed by atoms with E-state index in [9.17, 15) is 0 Å². The van der Waals surface area contributed by atoms with Gasteiger partial charge in [-0.25, -0.2) is 9.50 Å². The van der Waals surface area contributed by atoms with Crippen molar-refractivity contribution in [3.63, 3.8) is 0 Å². The first-order chi connectivity index (χ1) is 9.31. The van der Waals surface area contributed by atoms with E-state index in [0.29, 0.717) is 0 Å². The Morgan fingerprint density at radius 1 is 1.26 bits per heavy atom. The van der Waals surface area contributed by atoms with E-state index in [0.717, 1.165) is 23.9 Å². The number of fused-ring (bicyclic) bond motifs is 1. The molecule has 5 heteroatoms. The van der Waals surface area contributed by atoms with Crippen molar-refractivity contribution in [3.8, 4) is 0 Å². The van der Waals surface area contributed by atoms with Crippen LogP contribution >= 0.6 is 11.6 Å². The average molecular weight is 279 g/mol. The van der Waals surface area contributed by atoms with E-state index in [1.807, 2.05) is 18.3 Å². The highest BCUT2D eigenvalue weighted by Gasteiger charge is 2.30. The van der Waals surface area contributed by atoms with Crippen LogP contribution < -0.4 is 5.32 Å². The van der Waals surface area contributed by atoms with Crippen LogP contribution in [0.3, 0.4) is 0 Å². The summed E-state index contributed by atoms with van der Waals surface area (Å²) >= 11 is 6.21. The van der Waals surface area contributed by atoms with Crippen molar-refractivity contribution in [2.45, 2.75) is 32.1 Å². The number of nitrogens with zero attached hydrogens (tertiary/aromatic N) is 3. The Morgan fingerprint density at radius 3 is 2.89 bits per heavy atom. The van der Waals surface area contributed by atoms with Gasteiger partial charge in [-0.2, -0.15) is 5.10 Å². The average Bonchev–Trinajstić information content (AvgIpc) is 2.93. The Hall–Kier alpha value is -1.29. The van der Waals surface area contributed by atoms with Crippen LogP contribution in [-0.2, 0) is 0 Å². The number of anilines is 1. The van der Waals surface area contributed by atoms with Gasteiger partial charge >= 0.3 is 0 Å². The molecule has 4 nitrogen and oxygen atoms in total. The number of alkyl halides is 1. The van der Waals surface area contributed by atoms with Crippen LogP contribution in [0.4, 0.5) is 5.82 Å². The molecule has 3 rings (SSSR count). The molecule has 0 radical (unpaired) electrons. The van der Waals surface area contributed by atoms with Crippen LogP contribution in [-0.4, -0.2) is 27.0 Å². The molecule has 0 aliphatic heterocycles. The van der Waals surface area contributed by atoms with E-state index in [4.69, 9.17) is 11.6 Å². The predicted octanol–water partition coefficient (Wildman–Crippen LogP) is 3.33. The van der Waals surface area contributed by atoms with E-state index in [2.05, 4.69) is 15.4 Å². The second-order valence-electron chi connectivity index (χ2n) is 5.49. The summed E-state index contributed by atoms with van der Waals surface area (Å²) in [6, 6.07) is 3.87. The summed E-state index contributed by atoms with van der Waals surface area (Å²) in [5.41, 5.74) is 1.11. The van der Waals surface area contributed by atoms with Gasteiger partial charge in [0.15, 0.2) is 5.65 Å². The van der Waals surface area contributed by atoms with E-state index in [1.54, 1.807) is 10.7 Å². The molecule has 0 aromatic carbocycles. The second kappa shape index (κ2) is 5.37. The minimum atomic E-state index is 0.244.